The average molecular weight is 451 g/mol. The molecule has 0 fully saturated rings. The molecule has 31 heavy (non-hydrogen) atoms. The maximum atomic E-state index is 12.0. The van der Waals surface area contributed by atoms with Gasteiger partial charge < -0.3 is 23.7 Å². The number of ether oxygens (including phenoxy) is 3. The lowest BCUT2D eigenvalue weighted by molar-refractivity contribution is -0.151. The van der Waals surface area contributed by atoms with E-state index in [1.165, 1.54) is 19.1 Å². The van der Waals surface area contributed by atoms with Gasteiger partial charge in [-0.05, 0) is 24.3 Å². The van der Waals surface area contributed by atoms with E-state index in [0.717, 1.165) is 11.2 Å². The summed E-state index contributed by atoms with van der Waals surface area (Å²) in [5.41, 5.74) is 1.70. The number of esters is 3. The summed E-state index contributed by atoms with van der Waals surface area (Å²) >= 11 is 5.64. The highest BCUT2D eigenvalue weighted by Gasteiger charge is 2.18. The Kier molecular flexibility index (Phi) is 8.84. The summed E-state index contributed by atoms with van der Waals surface area (Å²) in [5.74, 6) is -2.00. The van der Waals surface area contributed by atoms with Crippen LogP contribution in [0.5, 0.6) is 5.75 Å². The summed E-state index contributed by atoms with van der Waals surface area (Å²) in [5, 5.41) is 10.4. The third-order valence-electron chi connectivity index (χ3n) is 3.79. The van der Waals surface area contributed by atoms with Crippen LogP contribution in [0.4, 0.5) is 0 Å². The first-order chi connectivity index (χ1) is 14.7. The van der Waals surface area contributed by atoms with Gasteiger partial charge in [0.2, 0.25) is 0 Å². The maximum absolute atomic E-state index is 12.0. The van der Waals surface area contributed by atoms with Crippen LogP contribution in [-0.4, -0.2) is 42.3 Å². The third-order valence-corrected chi connectivity index (χ3v) is 4.08. The monoisotopic (exact) mass is 450 g/mol. The van der Waals surface area contributed by atoms with E-state index in [0.29, 0.717) is 5.02 Å². The highest BCUT2D eigenvalue weighted by atomic mass is 35.5. The molecule has 0 aliphatic carbocycles. The number of aliphatic hydroxyl groups is 1. The highest BCUT2D eigenvalue weighted by Crippen LogP contribution is 2.25. The second-order valence-electron chi connectivity index (χ2n) is 6.82. The molecule has 8 nitrogen and oxygen atoms in total. The van der Waals surface area contributed by atoms with Crippen molar-refractivity contribution in [2.75, 3.05) is 13.2 Å². The molecule has 1 N–H and O–H groups in total. The molecule has 1 aromatic carbocycles. The Morgan fingerprint density at radius 2 is 1.74 bits per heavy atom. The molecule has 2 heterocycles. The van der Waals surface area contributed by atoms with E-state index in [2.05, 4.69) is 0 Å². The van der Waals surface area contributed by atoms with Crippen LogP contribution in [0, 0.1) is 5.92 Å². The van der Waals surface area contributed by atoms with Gasteiger partial charge in [0.05, 0.1) is 10.9 Å². The Morgan fingerprint density at radius 1 is 1.06 bits per heavy atom. The molecule has 9 heteroatoms. The molecule has 0 spiro atoms. The Morgan fingerprint density at radius 3 is 2.26 bits per heavy atom. The van der Waals surface area contributed by atoms with Crippen molar-refractivity contribution in [2.45, 2.75) is 26.9 Å². The van der Waals surface area contributed by atoms with Crippen molar-refractivity contribution in [1.29, 1.82) is 0 Å². The van der Waals surface area contributed by atoms with Gasteiger partial charge in [-0.3, -0.25) is 9.59 Å². The van der Waals surface area contributed by atoms with Crippen molar-refractivity contribution in [2.24, 2.45) is 5.92 Å². The van der Waals surface area contributed by atoms with Crippen molar-refractivity contribution in [1.82, 2.24) is 0 Å². The molecule has 1 unspecified atom stereocenters. The van der Waals surface area contributed by atoms with Gasteiger partial charge in [-0.25, -0.2) is 4.79 Å². The Hall–Kier alpha value is -3.10. The molecule has 2 bridgehead atoms. The molecule has 2 aromatic heterocycles. The fourth-order valence-corrected chi connectivity index (χ4v) is 2.49. The number of rotatable bonds is 7. The number of para-hydroxylation sites is 1. The van der Waals surface area contributed by atoms with Crippen LogP contribution in [0.3, 0.4) is 0 Å². The quantitative estimate of drug-likeness (QED) is 0.426. The molecule has 0 aliphatic heterocycles. The van der Waals surface area contributed by atoms with Crippen molar-refractivity contribution in [3.05, 3.63) is 53.1 Å². The predicted octanol–water partition coefficient (Wildman–Crippen LogP) is 3.85. The second-order valence-corrected chi connectivity index (χ2v) is 7.23. The molecular formula is C22H23ClO8. The SMILES string of the molecule is CC(=O)Oc1ccccc1C(=O)OCC(O)COC(=O)C(C)C.Clc1cc2ccc1o2. The molecule has 0 radical (unpaired) electrons. The smallest absolute Gasteiger partial charge is 0.342 e. The lowest BCUT2D eigenvalue weighted by Crippen LogP contribution is -2.26. The summed E-state index contributed by atoms with van der Waals surface area (Å²) in [4.78, 5) is 34.2. The highest BCUT2D eigenvalue weighted by molar-refractivity contribution is 6.34. The molecule has 1 atom stereocenters. The largest absolute Gasteiger partial charge is 0.463 e. The van der Waals surface area contributed by atoms with Crippen LogP contribution in [0.2, 0.25) is 5.02 Å². The minimum Gasteiger partial charge on any atom is -0.463 e. The molecule has 0 aliphatic rings. The molecule has 0 saturated heterocycles. The Labute approximate surface area is 184 Å². The zero-order valence-electron chi connectivity index (χ0n) is 17.3. The van der Waals surface area contributed by atoms with E-state index in [-0.39, 0.29) is 30.4 Å². The lowest BCUT2D eigenvalue weighted by atomic mass is 10.2. The maximum Gasteiger partial charge on any atom is 0.342 e. The number of halogens is 1. The Bertz CT molecular complexity index is 1010. The fraction of sp³-hybridized carbons (Fsp3) is 0.318. The second kappa shape index (κ2) is 11.3. The van der Waals surface area contributed by atoms with Crippen molar-refractivity contribution >= 4 is 40.7 Å². The van der Waals surface area contributed by atoms with E-state index in [1.807, 2.05) is 12.1 Å². The topological polar surface area (TPSA) is 112 Å². The van der Waals surface area contributed by atoms with E-state index < -0.39 is 24.0 Å². The lowest BCUT2D eigenvalue weighted by Gasteiger charge is -2.14. The van der Waals surface area contributed by atoms with Gasteiger partial charge in [0.25, 0.3) is 0 Å². The zero-order chi connectivity index (χ0) is 23.0. The summed E-state index contributed by atoms with van der Waals surface area (Å²) in [6.45, 7) is 3.94. The van der Waals surface area contributed by atoms with Crippen molar-refractivity contribution in [3.63, 3.8) is 0 Å². The number of carbonyl (C=O) groups excluding carboxylic acids is 3. The standard InChI is InChI=1S/C16H20O7.C6H3ClO/c1-10(2)15(19)21-8-12(18)9-22-16(20)13-6-4-5-7-14(13)23-11(3)17;7-5-3-4-1-2-6(5)8-4/h4-7,10,12,18H,8-9H2,1-3H3;1-3H. The van der Waals surface area contributed by atoms with Gasteiger partial charge in [0.1, 0.15) is 41.8 Å². The summed E-state index contributed by atoms with van der Waals surface area (Å²) in [6.07, 6.45) is -1.14. The van der Waals surface area contributed by atoms with Crippen molar-refractivity contribution in [3.8, 4) is 5.75 Å². The van der Waals surface area contributed by atoms with Crippen LogP contribution >= 0.6 is 11.6 Å². The van der Waals surface area contributed by atoms with Crippen LogP contribution in [-0.2, 0) is 19.1 Å². The summed E-state index contributed by atoms with van der Waals surface area (Å²) < 4.78 is 19.8. The number of fused-ring (bicyclic) bond motifs is 2. The number of carbonyl (C=O) groups is 3. The molecule has 3 aromatic rings. The number of benzene rings is 2. The molecule has 3 rings (SSSR count). The zero-order valence-corrected chi connectivity index (χ0v) is 18.0. The minimum absolute atomic E-state index is 0.0640. The first-order valence-electron chi connectivity index (χ1n) is 9.44. The molecule has 0 saturated carbocycles. The first-order valence-corrected chi connectivity index (χ1v) is 9.81. The number of furan rings is 2. The van der Waals surface area contributed by atoms with Crippen LogP contribution in [0.25, 0.3) is 11.2 Å². The average Bonchev–Trinajstić information content (AvgIpc) is 3.33. The van der Waals surface area contributed by atoms with Crippen molar-refractivity contribution < 1.29 is 38.1 Å². The predicted molar refractivity (Wildman–Crippen MR) is 112 cm³/mol. The Balaban J connectivity index is 0.000000348. The van der Waals surface area contributed by atoms with E-state index in [9.17, 15) is 19.5 Å². The molecular weight excluding hydrogens is 428 g/mol. The van der Waals surface area contributed by atoms with Gasteiger partial charge in [-0.2, -0.15) is 0 Å². The van der Waals surface area contributed by atoms with Gasteiger partial charge in [0, 0.05) is 13.0 Å². The number of aliphatic hydroxyl groups excluding tert-OH is 1. The van der Waals surface area contributed by atoms with E-state index in [1.54, 1.807) is 32.0 Å². The van der Waals surface area contributed by atoms with E-state index in [4.69, 9.17) is 30.2 Å². The first kappa shape index (κ1) is 24.2. The van der Waals surface area contributed by atoms with Gasteiger partial charge in [0.15, 0.2) is 0 Å². The summed E-state index contributed by atoms with van der Waals surface area (Å²) in [6, 6.07) is 11.6. The minimum atomic E-state index is -1.14. The van der Waals surface area contributed by atoms with Gasteiger partial charge >= 0.3 is 17.9 Å². The number of hydrogen-bond donors (Lipinski definition) is 1. The normalized spacial score (nSPS) is 11.5. The van der Waals surface area contributed by atoms with Crippen LogP contribution in [0.1, 0.15) is 31.1 Å². The fourth-order valence-electron chi connectivity index (χ4n) is 2.28. The summed E-state index contributed by atoms with van der Waals surface area (Å²) in [7, 11) is 0. The van der Waals surface area contributed by atoms with Crippen LogP contribution in [0.15, 0.2) is 46.9 Å². The van der Waals surface area contributed by atoms with Crippen LogP contribution < -0.4 is 4.74 Å². The van der Waals surface area contributed by atoms with Gasteiger partial charge in [-0.1, -0.05) is 37.6 Å². The number of hydrogen-bond acceptors (Lipinski definition) is 8. The molecule has 0 amide bonds. The van der Waals surface area contributed by atoms with E-state index >= 15 is 0 Å². The molecule has 166 valence electrons. The van der Waals surface area contributed by atoms with Gasteiger partial charge in [-0.15, -0.1) is 0 Å². The third kappa shape index (κ3) is 7.58.